The van der Waals surface area contributed by atoms with E-state index in [0.29, 0.717) is 55.8 Å². The Morgan fingerprint density at radius 2 is 2.11 bits per heavy atom. The van der Waals surface area contributed by atoms with E-state index in [-0.39, 0.29) is 18.6 Å². The molecule has 0 bridgehead atoms. The first kappa shape index (κ1) is 22.0. The molecule has 1 atom stereocenters. The second kappa shape index (κ2) is 10.3. The highest BCUT2D eigenvalue weighted by Crippen LogP contribution is 2.29. The Labute approximate surface area is 166 Å². The Hall–Kier alpha value is -2.32. The molecule has 0 aromatic heterocycles. The number of carboxylic acid groups (broad SMARTS) is 1. The van der Waals surface area contributed by atoms with Gasteiger partial charge in [0.15, 0.2) is 11.5 Å². The zero-order chi connectivity index (χ0) is 20.7. The Balaban J connectivity index is 2.02. The number of nitrogens with zero attached hydrogens (tertiary/aromatic N) is 2. The number of rotatable bonds is 9. The number of morpholine rings is 1. The lowest BCUT2D eigenvalue weighted by Crippen LogP contribution is -2.49. The first-order chi connectivity index (χ1) is 13.3. The van der Waals surface area contributed by atoms with Crippen LogP contribution in [0.15, 0.2) is 18.2 Å². The standard InChI is InChI=1S/C20H30N2O6/c1-14(2)13-28-17-6-5-15(9-18(17)26-4)20(25)22-7-8-27-16(11-22)10-21(3)12-19(23)24/h5-6,9,14,16H,7-8,10-13H2,1-4H3,(H,23,24). The molecule has 8 heteroatoms. The zero-order valence-electron chi connectivity index (χ0n) is 17.0. The SMILES string of the molecule is COc1cc(C(=O)N2CCOC(CN(C)CC(=O)O)C2)ccc1OCC(C)C. The van der Waals surface area contributed by atoms with Crippen LogP contribution in [-0.2, 0) is 9.53 Å². The zero-order valence-corrected chi connectivity index (χ0v) is 17.0. The summed E-state index contributed by atoms with van der Waals surface area (Å²) in [5, 5.41) is 8.87. The molecule has 1 fully saturated rings. The molecular formula is C20H30N2O6. The van der Waals surface area contributed by atoms with E-state index < -0.39 is 5.97 Å². The molecule has 156 valence electrons. The number of ether oxygens (including phenoxy) is 3. The van der Waals surface area contributed by atoms with Gasteiger partial charge in [-0.15, -0.1) is 0 Å². The largest absolute Gasteiger partial charge is 0.493 e. The topological polar surface area (TPSA) is 88.5 Å². The molecule has 1 aromatic rings. The van der Waals surface area contributed by atoms with Gasteiger partial charge in [-0.25, -0.2) is 0 Å². The Morgan fingerprint density at radius 1 is 1.36 bits per heavy atom. The van der Waals surface area contributed by atoms with Crippen LogP contribution >= 0.6 is 0 Å². The number of methoxy groups -OCH3 is 1. The molecule has 1 N–H and O–H groups in total. The summed E-state index contributed by atoms with van der Waals surface area (Å²) >= 11 is 0. The van der Waals surface area contributed by atoms with E-state index in [1.54, 1.807) is 42.2 Å². The van der Waals surface area contributed by atoms with Crippen molar-refractivity contribution in [3.63, 3.8) is 0 Å². The molecular weight excluding hydrogens is 364 g/mol. The number of carboxylic acids is 1. The van der Waals surface area contributed by atoms with Crippen molar-refractivity contribution in [3.05, 3.63) is 23.8 Å². The van der Waals surface area contributed by atoms with Crippen molar-refractivity contribution in [2.45, 2.75) is 20.0 Å². The second-order valence-corrected chi connectivity index (χ2v) is 7.40. The normalized spacial score (nSPS) is 17.1. The molecule has 0 aliphatic carbocycles. The average molecular weight is 394 g/mol. The highest BCUT2D eigenvalue weighted by atomic mass is 16.5. The third kappa shape index (κ3) is 6.38. The summed E-state index contributed by atoms with van der Waals surface area (Å²) in [5.74, 6) is 0.525. The summed E-state index contributed by atoms with van der Waals surface area (Å²) in [6, 6.07) is 5.19. The molecule has 0 radical (unpaired) electrons. The van der Waals surface area contributed by atoms with Gasteiger partial charge in [0.25, 0.3) is 5.91 Å². The van der Waals surface area contributed by atoms with Gasteiger partial charge in [0.05, 0.1) is 33.0 Å². The molecule has 1 aromatic carbocycles. The minimum atomic E-state index is -0.891. The van der Waals surface area contributed by atoms with E-state index in [1.165, 1.54) is 0 Å². The summed E-state index contributed by atoms with van der Waals surface area (Å²) in [5.41, 5.74) is 0.522. The number of amides is 1. The van der Waals surface area contributed by atoms with Crippen molar-refractivity contribution >= 4 is 11.9 Å². The molecule has 0 saturated carbocycles. The highest BCUT2D eigenvalue weighted by molar-refractivity contribution is 5.95. The van der Waals surface area contributed by atoms with Crippen LogP contribution in [-0.4, -0.2) is 86.4 Å². The van der Waals surface area contributed by atoms with Crippen LogP contribution in [0, 0.1) is 5.92 Å². The first-order valence-corrected chi connectivity index (χ1v) is 9.42. The number of carbonyl (C=O) groups excluding carboxylic acids is 1. The van der Waals surface area contributed by atoms with Crippen LogP contribution in [0.3, 0.4) is 0 Å². The summed E-state index contributed by atoms with van der Waals surface area (Å²) in [4.78, 5) is 27.1. The molecule has 2 rings (SSSR count). The van der Waals surface area contributed by atoms with E-state index in [0.717, 1.165) is 0 Å². The first-order valence-electron chi connectivity index (χ1n) is 9.42. The molecule has 8 nitrogen and oxygen atoms in total. The van der Waals surface area contributed by atoms with Crippen molar-refractivity contribution in [3.8, 4) is 11.5 Å². The molecule has 1 heterocycles. The third-order valence-corrected chi connectivity index (χ3v) is 4.33. The van der Waals surface area contributed by atoms with Crippen molar-refractivity contribution in [1.29, 1.82) is 0 Å². The van der Waals surface area contributed by atoms with E-state index >= 15 is 0 Å². The molecule has 1 unspecified atom stereocenters. The Kier molecular flexibility index (Phi) is 8.07. The van der Waals surface area contributed by atoms with Gasteiger partial charge in [-0.3, -0.25) is 14.5 Å². The van der Waals surface area contributed by atoms with Gasteiger partial charge in [0, 0.05) is 25.2 Å². The molecule has 28 heavy (non-hydrogen) atoms. The van der Waals surface area contributed by atoms with Gasteiger partial charge in [-0.2, -0.15) is 0 Å². The maximum Gasteiger partial charge on any atom is 0.317 e. The quantitative estimate of drug-likeness (QED) is 0.680. The van der Waals surface area contributed by atoms with Crippen LogP contribution in [0.5, 0.6) is 11.5 Å². The van der Waals surface area contributed by atoms with Crippen molar-refractivity contribution in [1.82, 2.24) is 9.80 Å². The number of hydrogen-bond donors (Lipinski definition) is 1. The lowest BCUT2D eigenvalue weighted by Gasteiger charge is -2.34. The van der Waals surface area contributed by atoms with Crippen molar-refractivity contribution in [2.75, 3.05) is 53.6 Å². The number of carbonyl (C=O) groups is 2. The van der Waals surface area contributed by atoms with Crippen LogP contribution in [0.1, 0.15) is 24.2 Å². The number of likely N-dealkylation sites (N-methyl/N-ethyl adjacent to an activating group) is 1. The Bertz CT molecular complexity index is 679. The monoisotopic (exact) mass is 394 g/mol. The summed E-state index contributed by atoms with van der Waals surface area (Å²) in [6.07, 6.45) is -0.224. The van der Waals surface area contributed by atoms with Crippen LogP contribution in [0.2, 0.25) is 0 Å². The molecule has 1 amide bonds. The fraction of sp³-hybridized carbons (Fsp3) is 0.600. The van der Waals surface area contributed by atoms with Gasteiger partial charge >= 0.3 is 5.97 Å². The highest BCUT2D eigenvalue weighted by Gasteiger charge is 2.27. The number of hydrogen-bond acceptors (Lipinski definition) is 6. The minimum Gasteiger partial charge on any atom is -0.493 e. The van der Waals surface area contributed by atoms with Crippen LogP contribution in [0.25, 0.3) is 0 Å². The molecule has 1 saturated heterocycles. The molecule has 1 aliphatic rings. The Morgan fingerprint density at radius 3 is 2.75 bits per heavy atom. The average Bonchev–Trinajstić information content (AvgIpc) is 2.65. The summed E-state index contributed by atoms with van der Waals surface area (Å²) < 4.78 is 16.8. The van der Waals surface area contributed by atoms with Gasteiger partial charge in [-0.1, -0.05) is 13.8 Å². The lowest BCUT2D eigenvalue weighted by atomic mass is 10.1. The fourth-order valence-corrected chi connectivity index (χ4v) is 3.02. The molecule has 1 aliphatic heterocycles. The van der Waals surface area contributed by atoms with E-state index in [4.69, 9.17) is 19.3 Å². The summed E-state index contributed by atoms with van der Waals surface area (Å²) in [6.45, 7) is 6.40. The van der Waals surface area contributed by atoms with Crippen LogP contribution < -0.4 is 9.47 Å². The predicted molar refractivity (Wildman–Crippen MR) is 104 cm³/mol. The molecule has 0 spiro atoms. The fourth-order valence-electron chi connectivity index (χ4n) is 3.02. The lowest BCUT2D eigenvalue weighted by molar-refractivity contribution is -0.138. The van der Waals surface area contributed by atoms with Crippen LogP contribution in [0.4, 0.5) is 0 Å². The van der Waals surface area contributed by atoms with E-state index in [2.05, 4.69) is 13.8 Å². The van der Waals surface area contributed by atoms with Crippen molar-refractivity contribution < 1.29 is 28.9 Å². The maximum absolute atomic E-state index is 12.9. The van der Waals surface area contributed by atoms with Crippen molar-refractivity contribution in [2.24, 2.45) is 5.92 Å². The number of aliphatic carboxylic acids is 1. The van der Waals surface area contributed by atoms with Gasteiger partial charge in [0.2, 0.25) is 0 Å². The predicted octanol–water partition coefficient (Wildman–Crippen LogP) is 1.59. The van der Waals surface area contributed by atoms with E-state index in [9.17, 15) is 9.59 Å². The van der Waals surface area contributed by atoms with E-state index in [1.807, 2.05) is 0 Å². The van der Waals surface area contributed by atoms with Gasteiger partial charge in [-0.05, 0) is 31.2 Å². The second-order valence-electron chi connectivity index (χ2n) is 7.40. The van der Waals surface area contributed by atoms with Gasteiger partial charge < -0.3 is 24.2 Å². The minimum absolute atomic E-state index is 0.0666. The smallest absolute Gasteiger partial charge is 0.317 e. The van der Waals surface area contributed by atoms with Gasteiger partial charge in [0.1, 0.15) is 0 Å². The third-order valence-electron chi connectivity index (χ3n) is 4.33. The maximum atomic E-state index is 12.9. The summed E-state index contributed by atoms with van der Waals surface area (Å²) in [7, 11) is 3.27. The number of benzene rings is 1.